The molecule has 322 valence electrons. The molecule has 6 N–H and O–H groups in total. The van der Waals surface area contributed by atoms with Gasteiger partial charge < -0.3 is 40.8 Å². The van der Waals surface area contributed by atoms with Crippen LogP contribution in [0.4, 0.5) is 11.4 Å². The highest BCUT2D eigenvalue weighted by Crippen LogP contribution is 2.39. The summed E-state index contributed by atoms with van der Waals surface area (Å²) in [6.45, 7) is 2.86. The number of hydrogen-bond donors (Lipinski definition) is 5. The molecule has 2 aliphatic heterocycles. The Labute approximate surface area is 362 Å². The van der Waals surface area contributed by atoms with E-state index in [0.717, 1.165) is 83.3 Å². The number of amides is 2. The van der Waals surface area contributed by atoms with Gasteiger partial charge in [0.2, 0.25) is 11.8 Å². The molecule has 0 aliphatic carbocycles. The fourth-order valence-corrected chi connectivity index (χ4v) is 8.75. The Bertz CT molecular complexity index is 2490. The maximum atomic E-state index is 12.9. The molecule has 12 heteroatoms. The maximum Gasteiger partial charge on any atom is 0.326 e. The number of nitrogens with one attached hydrogen (secondary N) is 3. The molecule has 1 aromatic heterocycles. The number of aromatic nitrogens is 2. The second-order valence-corrected chi connectivity index (χ2v) is 16.5. The fourth-order valence-electron chi connectivity index (χ4n) is 8.75. The number of piperidine rings is 1. The van der Waals surface area contributed by atoms with Crippen molar-refractivity contribution in [1.82, 2.24) is 19.8 Å². The van der Waals surface area contributed by atoms with Crippen LogP contribution in [-0.2, 0) is 32.2 Å². The molecule has 12 nitrogen and oxygen atoms in total. The Morgan fingerprint density at radius 3 is 2.24 bits per heavy atom. The Hall–Kier alpha value is -6.05. The van der Waals surface area contributed by atoms with Crippen LogP contribution in [0.5, 0.6) is 0 Å². The SMILES string of the molecule is Nc1ccccc1NC(=O)CCCCCC(=O)NCc1ccccc1-c1ccc(C2OC(CN3CCC(n4c(=O)[nH]c5ccccc54)CC3)CC(c3ccc(CO)cc3)O2)cc1. The largest absolute Gasteiger partial charge is 0.397 e. The van der Waals surface area contributed by atoms with Crippen molar-refractivity contribution in [3.63, 3.8) is 0 Å². The third-order valence-electron chi connectivity index (χ3n) is 12.2. The number of fused-ring (bicyclic) bond motifs is 1. The van der Waals surface area contributed by atoms with Gasteiger partial charge in [0.15, 0.2) is 6.29 Å². The van der Waals surface area contributed by atoms with Crippen molar-refractivity contribution in [3.8, 4) is 11.1 Å². The molecule has 62 heavy (non-hydrogen) atoms. The van der Waals surface area contributed by atoms with Crippen LogP contribution >= 0.6 is 0 Å². The number of carbonyl (C=O) groups excluding carboxylic acids is 2. The number of likely N-dealkylation sites (tertiary alicyclic amines) is 1. The summed E-state index contributed by atoms with van der Waals surface area (Å²) in [5.41, 5.74) is 14.7. The third-order valence-corrected chi connectivity index (χ3v) is 12.2. The summed E-state index contributed by atoms with van der Waals surface area (Å²) in [4.78, 5) is 43.5. The topological polar surface area (TPSA) is 164 Å². The van der Waals surface area contributed by atoms with Crippen LogP contribution in [0.1, 0.15) is 92.1 Å². The molecule has 2 aliphatic rings. The smallest absolute Gasteiger partial charge is 0.326 e. The normalized spacial score (nSPS) is 18.4. The Morgan fingerprint density at radius 2 is 1.47 bits per heavy atom. The average Bonchev–Trinajstić information content (AvgIpc) is 3.64. The van der Waals surface area contributed by atoms with Gasteiger partial charge in [0, 0.05) is 57.0 Å². The number of anilines is 2. The highest BCUT2D eigenvalue weighted by molar-refractivity contribution is 5.93. The standard InChI is InChI=1S/C50H56N6O6/c51-42-12-6-7-13-43(42)53-48(59)17-3-1-2-16-47(58)52-31-38-10-4-5-11-41(38)35-22-24-37(25-23-35)49-61-40(30-46(62-49)36-20-18-34(33-57)19-21-36)32-55-28-26-39(27-29-55)56-45-15-9-8-14-44(45)54-50(56)60/h4-15,18-25,39-40,46,49,57H,1-3,16-17,26-33,51H2,(H,52,58)(H,53,59)(H,54,60). The van der Waals surface area contributed by atoms with Crippen LogP contribution in [0.15, 0.2) is 126 Å². The number of H-pyrrole nitrogens is 1. The van der Waals surface area contributed by atoms with E-state index in [1.165, 1.54) is 0 Å². The number of nitrogens with zero attached hydrogens (tertiary/aromatic N) is 2. The van der Waals surface area contributed by atoms with E-state index in [1.54, 1.807) is 12.1 Å². The van der Waals surface area contributed by atoms with Crippen LogP contribution in [-0.4, -0.2) is 57.1 Å². The molecule has 3 unspecified atom stereocenters. The highest BCUT2D eigenvalue weighted by Gasteiger charge is 2.34. The van der Waals surface area contributed by atoms with Crippen LogP contribution in [0.2, 0.25) is 0 Å². The van der Waals surface area contributed by atoms with Gasteiger partial charge in [0.05, 0.1) is 41.2 Å². The minimum Gasteiger partial charge on any atom is -0.397 e. The number of nitrogens with two attached hydrogens (primary N) is 1. The Morgan fingerprint density at radius 1 is 0.774 bits per heavy atom. The van der Waals surface area contributed by atoms with Gasteiger partial charge in [-0.3, -0.25) is 14.2 Å². The van der Waals surface area contributed by atoms with E-state index in [9.17, 15) is 19.5 Å². The van der Waals surface area contributed by atoms with E-state index in [-0.39, 0.29) is 42.4 Å². The lowest BCUT2D eigenvalue weighted by atomic mass is 9.97. The van der Waals surface area contributed by atoms with Gasteiger partial charge in [-0.05, 0) is 77.8 Å². The minimum absolute atomic E-state index is 0.0157. The fraction of sp³-hybridized carbons (Fsp3) is 0.340. The number of benzene rings is 5. The summed E-state index contributed by atoms with van der Waals surface area (Å²) in [7, 11) is 0. The first-order valence-corrected chi connectivity index (χ1v) is 21.8. The van der Waals surface area contributed by atoms with Gasteiger partial charge in [0.25, 0.3) is 0 Å². The number of nitrogen functional groups attached to an aromatic ring is 1. The Kier molecular flexibility index (Phi) is 13.9. The van der Waals surface area contributed by atoms with Crippen LogP contribution < -0.4 is 22.1 Å². The second-order valence-electron chi connectivity index (χ2n) is 16.5. The van der Waals surface area contributed by atoms with Gasteiger partial charge in [-0.1, -0.05) is 103 Å². The van der Waals surface area contributed by atoms with Crippen LogP contribution in [0.3, 0.4) is 0 Å². The third kappa shape index (κ3) is 10.5. The number of imidazole rings is 1. The van der Waals surface area contributed by atoms with Crippen molar-refractivity contribution < 1.29 is 24.2 Å². The molecular weight excluding hydrogens is 781 g/mol. The van der Waals surface area contributed by atoms with E-state index in [2.05, 4.69) is 50.8 Å². The lowest BCUT2D eigenvalue weighted by molar-refractivity contribution is -0.253. The molecule has 6 aromatic rings. The number of carbonyl (C=O) groups is 2. The molecule has 3 heterocycles. The number of rotatable bonds is 16. The number of aliphatic hydroxyl groups excluding tert-OH is 1. The van der Waals surface area contributed by atoms with Crippen molar-refractivity contribution >= 4 is 34.2 Å². The number of hydrogen-bond acceptors (Lipinski definition) is 8. The quantitative estimate of drug-likeness (QED) is 0.0482. The monoisotopic (exact) mass is 836 g/mol. The predicted octanol–water partition coefficient (Wildman–Crippen LogP) is 8.16. The van der Waals surface area contributed by atoms with E-state index >= 15 is 0 Å². The zero-order chi connectivity index (χ0) is 42.8. The van der Waals surface area contributed by atoms with Gasteiger partial charge >= 0.3 is 5.69 Å². The van der Waals surface area contributed by atoms with Gasteiger partial charge in [-0.25, -0.2) is 4.79 Å². The lowest BCUT2D eigenvalue weighted by Crippen LogP contribution is -2.43. The summed E-state index contributed by atoms with van der Waals surface area (Å²) in [5, 5.41) is 15.6. The molecule has 2 fully saturated rings. The van der Waals surface area contributed by atoms with E-state index in [0.29, 0.717) is 50.0 Å². The van der Waals surface area contributed by atoms with E-state index in [1.807, 2.05) is 83.4 Å². The van der Waals surface area contributed by atoms with Crippen LogP contribution in [0.25, 0.3) is 22.2 Å². The van der Waals surface area contributed by atoms with Crippen molar-refractivity contribution in [1.29, 1.82) is 0 Å². The number of aromatic amines is 1. The maximum absolute atomic E-state index is 12.9. The predicted molar refractivity (Wildman–Crippen MR) is 242 cm³/mol. The average molecular weight is 837 g/mol. The summed E-state index contributed by atoms with van der Waals surface area (Å²) in [5.74, 6) is -0.104. The minimum atomic E-state index is -0.584. The second kappa shape index (κ2) is 20.2. The first-order valence-electron chi connectivity index (χ1n) is 21.8. The zero-order valence-corrected chi connectivity index (χ0v) is 35.0. The summed E-state index contributed by atoms with van der Waals surface area (Å²) in [6, 6.07) is 39.5. The highest BCUT2D eigenvalue weighted by atomic mass is 16.7. The number of aliphatic hydroxyl groups is 1. The molecular formula is C50H56N6O6. The van der Waals surface area contributed by atoms with E-state index in [4.69, 9.17) is 15.2 Å². The summed E-state index contributed by atoms with van der Waals surface area (Å²) < 4.78 is 15.3. The van der Waals surface area contributed by atoms with Gasteiger partial charge in [0.1, 0.15) is 0 Å². The zero-order valence-electron chi connectivity index (χ0n) is 35.0. The van der Waals surface area contributed by atoms with Crippen molar-refractivity contribution in [2.24, 2.45) is 0 Å². The van der Waals surface area contributed by atoms with E-state index < -0.39 is 6.29 Å². The summed E-state index contributed by atoms with van der Waals surface area (Å²) in [6.07, 6.45) is 4.50. The van der Waals surface area contributed by atoms with Crippen molar-refractivity contribution in [2.75, 3.05) is 30.7 Å². The Balaban J connectivity index is 0.865. The number of para-hydroxylation sites is 4. The first kappa shape index (κ1) is 42.6. The summed E-state index contributed by atoms with van der Waals surface area (Å²) >= 11 is 0. The molecule has 2 amide bonds. The molecule has 2 saturated heterocycles. The molecule has 8 rings (SSSR count). The molecule has 0 radical (unpaired) electrons. The van der Waals surface area contributed by atoms with Crippen LogP contribution in [0, 0.1) is 0 Å². The molecule has 5 aromatic carbocycles. The molecule has 3 atom stereocenters. The molecule has 0 bridgehead atoms. The van der Waals surface area contributed by atoms with Gasteiger partial charge in [-0.2, -0.15) is 0 Å². The van der Waals surface area contributed by atoms with Crippen molar-refractivity contribution in [3.05, 3.63) is 154 Å². The lowest BCUT2D eigenvalue weighted by Gasteiger charge is -2.40. The first-order chi connectivity index (χ1) is 30.3. The number of ether oxygens (including phenoxy) is 2. The molecule has 0 spiro atoms. The van der Waals surface area contributed by atoms with Gasteiger partial charge in [-0.15, -0.1) is 0 Å². The van der Waals surface area contributed by atoms with Crippen molar-refractivity contribution in [2.45, 2.75) is 89.1 Å². The number of unbranched alkanes of at least 4 members (excludes halogenated alkanes) is 2. The molecule has 0 saturated carbocycles.